The van der Waals surface area contributed by atoms with Crippen LogP contribution in [0.4, 0.5) is 0 Å². The molecular formula is C22H28N2O7S. The van der Waals surface area contributed by atoms with Crippen LogP contribution in [0.3, 0.4) is 0 Å². The molecule has 1 aromatic rings. The lowest BCUT2D eigenvalue weighted by atomic mass is 10.1. The van der Waals surface area contributed by atoms with Crippen LogP contribution in [0, 0.1) is 5.92 Å². The molecule has 2 aliphatic rings. The summed E-state index contributed by atoms with van der Waals surface area (Å²) in [5.41, 5.74) is -0.848. The molecule has 10 heteroatoms. The number of aliphatic hydroxyl groups excluding tert-OH is 1. The van der Waals surface area contributed by atoms with Crippen molar-refractivity contribution in [3.05, 3.63) is 30.3 Å². The Kier molecular flexibility index (Phi) is 7.45. The highest BCUT2D eigenvalue weighted by molar-refractivity contribution is 8.00. The van der Waals surface area contributed by atoms with Gasteiger partial charge in [0.15, 0.2) is 6.61 Å². The lowest BCUT2D eigenvalue weighted by molar-refractivity contribution is -0.189. The summed E-state index contributed by atoms with van der Waals surface area (Å²) in [5, 5.41) is 12.2. The standard InChI is InChI=1S/C22H28N2O7S/c1-22(2,3)31-21(29)19(28)24-18(27)17(20(24)32-12-15(25)13-9-10-13)23-16(26)11-30-14-7-5-4-6-8-14/h4-8,13,17,19-20,28H,9-12H2,1-3H3,(H,23,26)/t17-,19?,20-/m1/s1. The number of aliphatic hydroxyl groups is 1. The zero-order valence-electron chi connectivity index (χ0n) is 18.3. The molecular weight excluding hydrogens is 436 g/mol. The highest BCUT2D eigenvalue weighted by Gasteiger charge is 2.54. The van der Waals surface area contributed by atoms with Crippen LogP contribution in [-0.4, -0.2) is 69.2 Å². The lowest BCUT2D eigenvalue weighted by Crippen LogP contribution is -2.73. The summed E-state index contributed by atoms with van der Waals surface area (Å²) >= 11 is 1.11. The Labute approximate surface area is 190 Å². The van der Waals surface area contributed by atoms with Gasteiger partial charge in [0.1, 0.15) is 28.5 Å². The van der Waals surface area contributed by atoms with E-state index in [9.17, 15) is 24.3 Å². The average Bonchev–Trinajstić information content (AvgIpc) is 3.57. The molecule has 0 bridgehead atoms. The normalized spacial score (nSPS) is 21.4. The van der Waals surface area contributed by atoms with Gasteiger partial charge in [-0.2, -0.15) is 0 Å². The summed E-state index contributed by atoms with van der Waals surface area (Å²) in [6.07, 6.45) is -0.127. The maximum Gasteiger partial charge on any atom is 0.357 e. The van der Waals surface area contributed by atoms with Crippen molar-refractivity contribution in [3.63, 3.8) is 0 Å². The average molecular weight is 465 g/mol. The van der Waals surface area contributed by atoms with Crippen molar-refractivity contribution in [2.24, 2.45) is 5.92 Å². The number of carbonyl (C=O) groups is 4. The Morgan fingerprint density at radius 1 is 1.22 bits per heavy atom. The maximum absolute atomic E-state index is 12.7. The van der Waals surface area contributed by atoms with E-state index in [2.05, 4.69) is 5.32 Å². The first-order valence-corrected chi connectivity index (χ1v) is 11.5. The summed E-state index contributed by atoms with van der Waals surface area (Å²) < 4.78 is 10.6. The van der Waals surface area contributed by atoms with Gasteiger partial charge in [-0.25, -0.2) is 4.79 Å². The largest absolute Gasteiger partial charge is 0.484 e. The Hall–Kier alpha value is -2.59. The molecule has 32 heavy (non-hydrogen) atoms. The Morgan fingerprint density at radius 2 is 1.88 bits per heavy atom. The second kappa shape index (κ2) is 9.91. The highest BCUT2D eigenvalue weighted by atomic mass is 32.2. The molecule has 1 aliphatic carbocycles. The predicted molar refractivity (Wildman–Crippen MR) is 117 cm³/mol. The molecule has 2 amide bonds. The number of ketones is 1. The molecule has 2 N–H and O–H groups in total. The highest BCUT2D eigenvalue weighted by Crippen LogP contribution is 2.36. The second-order valence-electron chi connectivity index (χ2n) is 8.74. The number of β-lactam (4-membered cyclic amide) rings is 1. The number of Topliss-reactive ketones (excluding diaryl/α,β-unsaturated/α-hetero) is 1. The number of para-hydroxylation sites is 1. The molecule has 1 heterocycles. The van der Waals surface area contributed by atoms with Gasteiger partial charge in [0.25, 0.3) is 11.8 Å². The van der Waals surface area contributed by atoms with Gasteiger partial charge in [-0.3, -0.25) is 19.3 Å². The molecule has 0 spiro atoms. The van der Waals surface area contributed by atoms with E-state index in [0.29, 0.717) is 5.75 Å². The summed E-state index contributed by atoms with van der Waals surface area (Å²) in [5.74, 6) is -1.42. The zero-order chi connectivity index (χ0) is 23.5. The van der Waals surface area contributed by atoms with E-state index < -0.39 is 41.0 Å². The minimum absolute atomic E-state index is 0.0369. The van der Waals surface area contributed by atoms with Crippen molar-refractivity contribution in [3.8, 4) is 5.75 Å². The van der Waals surface area contributed by atoms with Crippen LogP contribution >= 0.6 is 11.8 Å². The summed E-state index contributed by atoms with van der Waals surface area (Å²) in [4.78, 5) is 50.4. The molecule has 0 radical (unpaired) electrons. The van der Waals surface area contributed by atoms with Gasteiger partial charge < -0.3 is 19.9 Å². The number of rotatable bonds is 10. The van der Waals surface area contributed by atoms with Gasteiger partial charge in [0.05, 0.1) is 5.75 Å². The fourth-order valence-corrected chi connectivity index (χ4v) is 4.42. The number of likely N-dealkylation sites (tertiary alicyclic amines) is 1. The number of amides is 2. The van der Waals surface area contributed by atoms with Gasteiger partial charge in [-0.1, -0.05) is 18.2 Å². The summed E-state index contributed by atoms with van der Waals surface area (Å²) in [6.45, 7) is 4.63. The van der Waals surface area contributed by atoms with Gasteiger partial charge in [-0.05, 0) is 45.7 Å². The quantitative estimate of drug-likeness (QED) is 0.390. The number of hydrogen-bond acceptors (Lipinski definition) is 8. The number of nitrogens with one attached hydrogen (secondary N) is 1. The van der Waals surface area contributed by atoms with Crippen LogP contribution in [0.15, 0.2) is 30.3 Å². The third-order valence-electron chi connectivity index (χ3n) is 4.82. The topological polar surface area (TPSA) is 122 Å². The van der Waals surface area contributed by atoms with E-state index in [1.165, 1.54) is 0 Å². The first-order valence-electron chi connectivity index (χ1n) is 10.4. The van der Waals surface area contributed by atoms with E-state index in [4.69, 9.17) is 9.47 Å². The zero-order valence-corrected chi connectivity index (χ0v) is 19.1. The summed E-state index contributed by atoms with van der Waals surface area (Å²) in [6, 6.07) is 7.75. The number of esters is 1. The number of nitrogens with zero attached hydrogens (tertiary/aromatic N) is 1. The predicted octanol–water partition coefficient (Wildman–Crippen LogP) is 1.09. The fourth-order valence-electron chi connectivity index (χ4n) is 3.10. The summed E-state index contributed by atoms with van der Waals surface area (Å²) in [7, 11) is 0. The molecule has 1 unspecified atom stereocenters. The van der Waals surface area contributed by atoms with Gasteiger partial charge in [0, 0.05) is 5.92 Å². The molecule has 174 valence electrons. The number of thioether (sulfide) groups is 1. The molecule has 3 rings (SSSR count). The third kappa shape index (κ3) is 6.23. The number of ether oxygens (including phenoxy) is 2. The molecule has 2 fully saturated rings. The van der Waals surface area contributed by atoms with Gasteiger partial charge in [0.2, 0.25) is 6.23 Å². The maximum atomic E-state index is 12.7. The van der Waals surface area contributed by atoms with Crippen molar-refractivity contribution in [1.82, 2.24) is 10.2 Å². The Balaban J connectivity index is 1.62. The Bertz CT molecular complexity index is 867. The van der Waals surface area contributed by atoms with Gasteiger partial charge in [-0.15, -0.1) is 11.8 Å². The molecule has 1 aromatic carbocycles. The Morgan fingerprint density at radius 3 is 2.47 bits per heavy atom. The van der Waals surface area contributed by atoms with Crippen LogP contribution in [0.1, 0.15) is 33.6 Å². The SMILES string of the molecule is CC(C)(C)OC(=O)C(O)N1C(=O)[C@@H](NC(=O)COc2ccccc2)[C@H]1SCC(=O)C1CC1. The van der Waals surface area contributed by atoms with E-state index >= 15 is 0 Å². The smallest absolute Gasteiger partial charge is 0.357 e. The molecule has 1 saturated heterocycles. The molecule has 0 aromatic heterocycles. The van der Waals surface area contributed by atoms with E-state index in [-0.39, 0.29) is 24.1 Å². The van der Waals surface area contributed by atoms with E-state index in [0.717, 1.165) is 29.5 Å². The molecule has 1 aliphatic heterocycles. The van der Waals surface area contributed by atoms with Crippen molar-refractivity contribution >= 4 is 35.3 Å². The lowest BCUT2D eigenvalue weighted by Gasteiger charge is -2.48. The van der Waals surface area contributed by atoms with Crippen LogP contribution in [0.2, 0.25) is 0 Å². The monoisotopic (exact) mass is 464 g/mol. The number of hydrogen-bond donors (Lipinski definition) is 2. The van der Waals surface area contributed by atoms with Crippen LogP contribution in [0.25, 0.3) is 0 Å². The first kappa shape index (κ1) is 24.1. The van der Waals surface area contributed by atoms with Crippen LogP contribution in [0.5, 0.6) is 5.75 Å². The van der Waals surface area contributed by atoms with Gasteiger partial charge >= 0.3 is 5.97 Å². The fraction of sp³-hybridized carbons (Fsp3) is 0.545. The second-order valence-corrected chi connectivity index (χ2v) is 9.85. The van der Waals surface area contributed by atoms with Crippen molar-refractivity contribution < 1.29 is 33.8 Å². The minimum atomic E-state index is -1.83. The minimum Gasteiger partial charge on any atom is -0.484 e. The first-order chi connectivity index (χ1) is 15.1. The molecule has 9 nitrogen and oxygen atoms in total. The van der Waals surface area contributed by atoms with E-state index in [1.54, 1.807) is 45.0 Å². The number of carbonyl (C=O) groups excluding carboxylic acids is 4. The van der Waals surface area contributed by atoms with Crippen molar-refractivity contribution in [2.75, 3.05) is 12.4 Å². The van der Waals surface area contributed by atoms with Crippen LogP contribution < -0.4 is 10.1 Å². The molecule has 1 saturated carbocycles. The van der Waals surface area contributed by atoms with Crippen molar-refractivity contribution in [1.29, 1.82) is 0 Å². The number of benzene rings is 1. The molecule has 3 atom stereocenters. The van der Waals surface area contributed by atoms with E-state index in [1.807, 2.05) is 6.07 Å². The van der Waals surface area contributed by atoms with Crippen LogP contribution in [-0.2, 0) is 23.9 Å². The van der Waals surface area contributed by atoms with Crippen molar-refractivity contribution in [2.45, 2.75) is 56.9 Å². The third-order valence-corrected chi connectivity index (χ3v) is 6.11.